The summed E-state index contributed by atoms with van der Waals surface area (Å²) < 4.78 is 0. The summed E-state index contributed by atoms with van der Waals surface area (Å²) >= 11 is 0. The van der Waals surface area contributed by atoms with E-state index in [0.717, 1.165) is 16.8 Å². The summed E-state index contributed by atoms with van der Waals surface area (Å²) in [5.41, 5.74) is 7.51. The highest BCUT2D eigenvalue weighted by molar-refractivity contribution is 6.08. The van der Waals surface area contributed by atoms with Gasteiger partial charge in [0, 0.05) is 11.9 Å². The number of aryl methyl sites for hydroxylation is 3. The maximum absolute atomic E-state index is 12.3. The first-order valence-corrected chi connectivity index (χ1v) is 6.32. The number of aromatic nitrogens is 1. The monoisotopic (exact) mass is 270 g/mol. The van der Waals surface area contributed by atoms with Gasteiger partial charge in [0.05, 0.1) is 17.4 Å². The van der Waals surface area contributed by atoms with Crippen LogP contribution in [0.25, 0.3) is 0 Å². The van der Waals surface area contributed by atoms with E-state index < -0.39 is 0 Å². The third kappa shape index (κ3) is 2.78. The molecule has 0 aliphatic heterocycles. The fraction of sp³-hybridized carbons (Fsp3) is 0.200. The Bertz CT molecular complexity index is 629. The average molecular weight is 270 g/mol. The first kappa shape index (κ1) is 14.0. The predicted molar refractivity (Wildman–Crippen MR) is 80.7 cm³/mol. The second-order valence-corrected chi connectivity index (χ2v) is 4.79. The van der Waals surface area contributed by atoms with Crippen molar-refractivity contribution in [2.75, 3.05) is 10.7 Å². The number of benzene rings is 1. The number of carbonyl (C=O) groups excluding carboxylic acids is 1. The van der Waals surface area contributed by atoms with Gasteiger partial charge in [0.1, 0.15) is 0 Å². The average Bonchev–Trinajstić information content (AvgIpc) is 2.42. The van der Waals surface area contributed by atoms with E-state index in [1.54, 1.807) is 12.3 Å². The van der Waals surface area contributed by atoms with E-state index in [2.05, 4.69) is 15.7 Å². The van der Waals surface area contributed by atoms with Crippen molar-refractivity contribution in [1.82, 2.24) is 4.98 Å². The van der Waals surface area contributed by atoms with Gasteiger partial charge in [-0.3, -0.25) is 15.6 Å². The molecule has 5 nitrogen and oxygen atoms in total. The van der Waals surface area contributed by atoms with Crippen LogP contribution in [0.15, 0.2) is 30.6 Å². The third-order valence-electron chi connectivity index (χ3n) is 3.14. The number of nitrogens with one attached hydrogen (secondary N) is 2. The van der Waals surface area contributed by atoms with E-state index in [-0.39, 0.29) is 5.91 Å². The normalized spacial score (nSPS) is 10.2. The Morgan fingerprint density at radius 1 is 1.20 bits per heavy atom. The number of pyridine rings is 1. The summed E-state index contributed by atoms with van der Waals surface area (Å²) in [5, 5.41) is 2.93. The minimum Gasteiger partial charge on any atom is -0.322 e. The molecule has 1 heterocycles. The molecule has 0 bridgehead atoms. The molecule has 0 spiro atoms. The molecular weight excluding hydrogens is 252 g/mol. The lowest BCUT2D eigenvalue weighted by molar-refractivity contribution is 0.102. The Hall–Kier alpha value is -2.40. The number of nitrogens with zero attached hydrogens (tertiary/aromatic N) is 1. The lowest BCUT2D eigenvalue weighted by atomic mass is 10.0. The van der Waals surface area contributed by atoms with E-state index in [1.165, 1.54) is 11.8 Å². The molecule has 1 aromatic heterocycles. The topological polar surface area (TPSA) is 80.0 Å². The summed E-state index contributed by atoms with van der Waals surface area (Å²) in [5.74, 6) is 5.18. The van der Waals surface area contributed by atoms with Crippen molar-refractivity contribution in [2.24, 2.45) is 5.84 Å². The van der Waals surface area contributed by atoms with E-state index in [4.69, 9.17) is 5.84 Å². The van der Waals surface area contributed by atoms with Gasteiger partial charge in [-0.25, -0.2) is 0 Å². The number of hydrazine groups is 1. The van der Waals surface area contributed by atoms with Gasteiger partial charge in [0.25, 0.3) is 5.91 Å². The number of rotatable bonds is 3. The molecule has 0 fully saturated rings. The van der Waals surface area contributed by atoms with Crippen molar-refractivity contribution in [3.8, 4) is 0 Å². The van der Waals surface area contributed by atoms with Crippen molar-refractivity contribution in [3.05, 3.63) is 52.8 Å². The molecular formula is C15H18N4O. The van der Waals surface area contributed by atoms with Crippen LogP contribution in [0.5, 0.6) is 0 Å². The van der Waals surface area contributed by atoms with Gasteiger partial charge in [0.15, 0.2) is 0 Å². The minimum absolute atomic E-state index is 0.213. The quantitative estimate of drug-likeness (QED) is 0.591. The van der Waals surface area contributed by atoms with Crippen LogP contribution in [0.4, 0.5) is 11.4 Å². The molecule has 104 valence electrons. The summed E-state index contributed by atoms with van der Waals surface area (Å²) in [6.45, 7) is 5.99. The van der Waals surface area contributed by atoms with Crippen molar-refractivity contribution in [1.29, 1.82) is 0 Å². The number of carbonyl (C=O) groups is 1. The van der Waals surface area contributed by atoms with E-state index >= 15 is 0 Å². The Kier molecular flexibility index (Phi) is 4.00. The molecule has 2 aromatic rings. The van der Waals surface area contributed by atoms with Gasteiger partial charge in [-0.1, -0.05) is 17.7 Å². The Balaban J connectivity index is 2.33. The molecule has 0 radical (unpaired) electrons. The fourth-order valence-corrected chi connectivity index (χ4v) is 2.27. The maximum atomic E-state index is 12.3. The van der Waals surface area contributed by atoms with Crippen molar-refractivity contribution >= 4 is 17.3 Å². The molecule has 0 unspecified atom stereocenters. The fourth-order valence-electron chi connectivity index (χ4n) is 2.27. The molecule has 5 heteroatoms. The first-order chi connectivity index (χ1) is 9.52. The van der Waals surface area contributed by atoms with Crippen LogP contribution in [-0.4, -0.2) is 10.9 Å². The van der Waals surface area contributed by atoms with Crippen molar-refractivity contribution in [2.45, 2.75) is 20.8 Å². The molecule has 20 heavy (non-hydrogen) atoms. The number of nitrogens with two attached hydrogens (primary N) is 1. The van der Waals surface area contributed by atoms with E-state index in [0.29, 0.717) is 11.3 Å². The number of anilines is 2. The molecule has 0 atom stereocenters. The van der Waals surface area contributed by atoms with Crippen LogP contribution in [0, 0.1) is 20.8 Å². The molecule has 0 aliphatic rings. The second kappa shape index (κ2) is 5.71. The van der Waals surface area contributed by atoms with Crippen molar-refractivity contribution in [3.63, 3.8) is 0 Å². The van der Waals surface area contributed by atoms with Crippen LogP contribution < -0.4 is 16.6 Å². The molecule has 2 rings (SSSR count). The van der Waals surface area contributed by atoms with Crippen molar-refractivity contribution < 1.29 is 4.79 Å². The molecule has 4 N–H and O–H groups in total. The second-order valence-electron chi connectivity index (χ2n) is 4.79. The number of hydrogen-bond donors (Lipinski definition) is 3. The van der Waals surface area contributed by atoms with Gasteiger partial charge in [-0.05, 0) is 38.0 Å². The molecule has 0 saturated carbocycles. The zero-order chi connectivity index (χ0) is 14.7. The van der Waals surface area contributed by atoms with Gasteiger partial charge in [0.2, 0.25) is 0 Å². The number of amides is 1. The van der Waals surface area contributed by atoms with E-state index in [9.17, 15) is 4.79 Å². The highest BCUT2D eigenvalue weighted by Gasteiger charge is 2.13. The highest BCUT2D eigenvalue weighted by atomic mass is 16.1. The van der Waals surface area contributed by atoms with Crippen LogP contribution >= 0.6 is 0 Å². The van der Waals surface area contributed by atoms with Crippen LogP contribution in [0.3, 0.4) is 0 Å². The molecule has 1 amide bonds. The van der Waals surface area contributed by atoms with Gasteiger partial charge < -0.3 is 10.7 Å². The van der Waals surface area contributed by atoms with Crippen LogP contribution in [0.1, 0.15) is 27.0 Å². The lowest BCUT2D eigenvalue weighted by Crippen LogP contribution is -2.18. The maximum Gasteiger partial charge on any atom is 0.257 e. The largest absolute Gasteiger partial charge is 0.322 e. The number of hydrogen-bond acceptors (Lipinski definition) is 4. The molecule has 0 saturated heterocycles. The highest BCUT2D eigenvalue weighted by Crippen LogP contribution is 2.23. The zero-order valence-electron chi connectivity index (χ0n) is 11.8. The SMILES string of the molecule is Cc1cc(C)c(NC(=O)c2ccncc2NN)c(C)c1. The molecule has 1 aromatic carbocycles. The smallest absolute Gasteiger partial charge is 0.257 e. The lowest BCUT2D eigenvalue weighted by Gasteiger charge is -2.14. The Morgan fingerprint density at radius 3 is 2.45 bits per heavy atom. The minimum atomic E-state index is -0.213. The van der Waals surface area contributed by atoms with Crippen LogP contribution in [0.2, 0.25) is 0 Å². The summed E-state index contributed by atoms with van der Waals surface area (Å²) in [7, 11) is 0. The Morgan fingerprint density at radius 2 is 1.85 bits per heavy atom. The summed E-state index contributed by atoms with van der Waals surface area (Å²) in [4.78, 5) is 16.3. The number of nitrogen functional groups attached to an aromatic ring is 1. The summed E-state index contributed by atoms with van der Waals surface area (Å²) in [6.07, 6.45) is 3.08. The molecule has 0 aliphatic carbocycles. The van der Waals surface area contributed by atoms with Gasteiger partial charge in [-0.15, -0.1) is 0 Å². The Labute approximate surface area is 118 Å². The zero-order valence-corrected chi connectivity index (χ0v) is 11.8. The predicted octanol–water partition coefficient (Wildman–Crippen LogP) is 2.54. The summed E-state index contributed by atoms with van der Waals surface area (Å²) in [6, 6.07) is 5.71. The first-order valence-electron chi connectivity index (χ1n) is 6.32. The third-order valence-corrected chi connectivity index (χ3v) is 3.14. The van der Waals surface area contributed by atoms with E-state index in [1.807, 2.05) is 32.9 Å². The standard InChI is InChI=1S/C15H18N4O/c1-9-6-10(2)14(11(3)7-9)18-15(20)12-4-5-17-8-13(12)19-16/h4-8,19H,16H2,1-3H3,(H,18,20). The van der Waals surface area contributed by atoms with Gasteiger partial charge >= 0.3 is 0 Å². The van der Waals surface area contributed by atoms with Crippen LogP contribution in [-0.2, 0) is 0 Å². The van der Waals surface area contributed by atoms with Gasteiger partial charge in [-0.2, -0.15) is 0 Å².